The van der Waals surface area contributed by atoms with Crippen molar-refractivity contribution in [3.63, 3.8) is 0 Å². The van der Waals surface area contributed by atoms with Crippen molar-refractivity contribution >= 4 is 27.2 Å². The molecule has 0 aromatic rings. The minimum absolute atomic E-state index is 0.0118. The highest BCUT2D eigenvalue weighted by molar-refractivity contribution is 7.93. The van der Waals surface area contributed by atoms with Crippen molar-refractivity contribution in [2.75, 3.05) is 40.4 Å². The first-order chi connectivity index (χ1) is 8.35. The first kappa shape index (κ1) is 17.7. The van der Waals surface area contributed by atoms with E-state index in [2.05, 4.69) is 4.72 Å². The SMILES string of the molecule is CCC(C(N)=S)S(=O)(=O)NCCN(C)CCOC. The predicted molar refractivity (Wildman–Crippen MR) is 77.2 cm³/mol. The number of sulfonamides is 1. The molecule has 0 saturated carbocycles. The van der Waals surface area contributed by atoms with Crippen LogP contribution in [0.2, 0.25) is 0 Å². The molecule has 0 aromatic heterocycles. The van der Waals surface area contributed by atoms with E-state index in [4.69, 9.17) is 22.7 Å². The molecule has 3 N–H and O–H groups in total. The van der Waals surface area contributed by atoms with E-state index in [0.29, 0.717) is 26.1 Å². The van der Waals surface area contributed by atoms with Gasteiger partial charge >= 0.3 is 0 Å². The quantitative estimate of drug-likeness (QED) is 0.531. The van der Waals surface area contributed by atoms with Gasteiger partial charge in [-0.3, -0.25) is 0 Å². The second kappa shape index (κ2) is 8.76. The first-order valence-corrected chi connectivity index (χ1v) is 7.75. The number of nitrogens with two attached hydrogens (primary N) is 1. The molecule has 0 aromatic carbocycles. The number of hydrogen-bond donors (Lipinski definition) is 2. The van der Waals surface area contributed by atoms with Crippen LogP contribution in [0.4, 0.5) is 0 Å². The molecule has 0 aliphatic heterocycles. The van der Waals surface area contributed by atoms with Crippen LogP contribution in [0.5, 0.6) is 0 Å². The lowest BCUT2D eigenvalue weighted by molar-refractivity contribution is 0.162. The Kier molecular flexibility index (Phi) is 8.62. The maximum Gasteiger partial charge on any atom is 0.221 e. The van der Waals surface area contributed by atoms with Crippen LogP contribution in [0.25, 0.3) is 0 Å². The maximum absolute atomic E-state index is 11.9. The van der Waals surface area contributed by atoms with Crippen LogP contribution in [-0.4, -0.2) is 64.0 Å². The largest absolute Gasteiger partial charge is 0.392 e. The Morgan fingerprint density at radius 1 is 1.50 bits per heavy atom. The number of nitrogens with one attached hydrogen (secondary N) is 1. The minimum atomic E-state index is -3.46. The Labute approximate surface area is 115 Å². The summed E-state index contributed by atoms with van der Waals surface area (Å²) in [7, 11) is 0.0685. The fourth-order valence-electron chi connectivity index (χ4n) is 1.41. The Hall–Kier alpha value is -0.280. The summed E-state index contributed by atoms with van der Waals surface area (Å²) in [6.45, 7) is 4.06. The van der Waals surface area contributed by atoms with Crippen LogP contribution in [0.15, 0.2) is 0 Å². The first-order valence-electron chi connectivity index (χ1n) is 5.80. The molecule has 0 fully saturated rings. The zero-order valence-electron chi connectivity index (χ0n) is 11.2. The second-order valence-electron chi connectivity index (χ2n) is 4.03. The topological polar surface area (TPSA) is 84.7 Å². The molecule has 1 atom stereocenters. The molecule has 0 amide bonds. The van der Waals surface area contributed by atoms with Crippen LogP contribution in [0.1, 0.15) is 13.3 Å². The average Bonchev–Trinajstić information content (AvgIpc) is 2.25. The summed E-state index contributed by atoms with van der Waals surface area (Å²) in [6.07, 6.45) is 0.379. The number of nitrogens with zero attached hydrogens (tertiary/aromatic N) is 1. The van der Waals surface area contributed by atoms with E-state index in [-0.39, 0.29) is 4.99 Å². The Bertz CT molecular complexity index is 346. The van der Waals surface area contributed by atoms with Crippen molar-refractivity contribution in [1.29, 1.82) is 0 Å². The number of hydrogen-bond acceptors (Lipinski definition) is 5. The fourth-order valence-corrected chi connectivity index (χ4v) is 3.28. The van der Waals surface area contributed by atoms with Gasteiger partial charge in [0.1, 0.15) is 5.25 Å². The van der Waals surface area contributed by atoms with Crippen molar-refractivity contribution < 1.29 is 13.2 Å². The van der Waals surface area contributed by atoms with Crippen molar-refractivity contribution in [1.82, 2.24) is 9.62 Å². The molecule has 0 aliphatic carbocycles. The number of rotatable bonds is 10. The van der Waals surface area contributed by atoms with E-state index in [1.165, 1.54) is 0 Å². The third-order valence-electron chi connectivity index (χ3n) is 2.54. The van der Waals surface area contributed by atoms with E-state index in [0.717, 1.165) is 6.54 Å². The number of ether oxygens (including phenoxy) is 1. The molecular weight excluding hydrogens is 274 g/mol. The van der Waals surface area contributed by atoms with Gasteiger partial charge in [-0.05, 0) is 13.5 Å². The van der Waals surface area contributed by atoms with E-state index in [1.807, 2.05) is 11.9 Å². The number of thiocarbonyl (C=S) groups is 1. The molecule has 0 spiro atoms. The maximum atomic E-state index is 11.9. The van der Waals surface area contributed by atoms with E-state index in [1.54, 1.807) is 14.0 Å². The Morgan fingerprint density at radius 2 is 2.11 bits per heavy atom. The molecule has 6 nitrogen and oxygen atoms in total. The lowest BCUT2D eigenvalue weighted by Crippen LogP contribution is -2.44. The van der Waals surface area contributed by atoms with E-state index in [9.17, 15) is 8.42 Å². The molecule has 8 heteroatoms. The summed E-state index contributed by atoms with van der Waals surface area (Å²) in [5.41, 5.74) is 5.42. The van der Waals surface area contributed by atoms with Gasteiger partial charge in [0, 0.05) is 26.7 Å². The summed E-state index contributed by atoms with van der Waals surface area (Å²) < 4.78 is 31.2. The lowest BCUT2D eigenvalue weighted by Gasteiger charge is -2.18. The van der Waals surface area contributed by atoms with Crippen LogP contribution < -0.4 is 10.5 Å². The highest BCUT2D eigenvalue weighted by atomic mass is 32.2. The molecule has 0 rings (SSSR count). The molecule has 0 radical (unpaired) electrons. The number of methoxy groups -OCH3 is 1. The van der Waals surface area contributed by atoms with Crippen molar-refractivity contribution in [3.8, 4) is 0 Å². The average molecular weight is 297 g/mol. The van der Waals surface area contributed by atoms with Crippen molar-refractivity contribution in [2.24, 2.45) is 5.73 Å². The van der Waals surface area contributed by atoms with E-state index >= 15 is 0 Å². The van der Waals surface area contributed by atoms with Crippen molar-refractivity contribution in [2.45, 2.75) is 18.6 Å². The molecule has 0 aliphatic rings. The third-order valence-corrected chi connectivity index (χ3v) is 4.91. The molecule has 0 saturated heterocycles. The molecular formula is C10H23N3O3S2. The van der Waals surface area contributed by atoms with Gasteiger partial charge in [0.15, 0.2) is 0 Å². The monoisotopic (exact) mass is 297 g/mol. The molecule has 1 unspecified atom stereocenters. The summed E-state index contributed by atoms with van der Waals surface area (Å²) >= 11 is 4.76. The van der Waals surface area contributed by atoms with Gasteiger partial charge in [0.25, 0.3) is 0 Å². The van der Waals surface area contributed by atoms with Crippen LogP contribution in [-0.2, 0) is 14.8 Å². The van der Waals surface area contributed by atoms with Gasteiger partial charge in [-0.1, -0.05) is 19.1 Å². The van der Waals surface area contributed by atoms with Gasteiger partial charge in [0.2, 0.25) is 10.0 Å². The van der Waals surface area contributed by atoms with Gasteiger partial charge < -0.3 is 15.4 Å². The van der Waals surface area contributed by atoms with Gasteiger partial charge in [-0.25, -0.2) is 13.1 Å². The Balaban J connectivity index is 4.15. The second-order valence-corrected chi connectivity index (χ2v) is 6.45. The number of likely N-dealkylation sites (N-methyl/N-ethyl adjacent to an activating group) is 1. The smallest absolute Gasteiger partial charge is 0.221 e. The summed E-state index contributed by atoms with van der Waals surface area (Å²) in [4.78, 5) is 1.99. The zero-order valence-corrected chi connectivity index (χ0v) is 12.8. The third kappa shape index (κ3) is 6.60. The molecule has 18 heavy (non-hydrogen) atoms. The molecule has 108 valence electrons. The van der Waals surface area contributed by atoms with Crippen molar-refractivity contribution in [3.05, 3.63) is 0 Å². The standard InChI is InChI=1S/C10H23N3O3S2/c1-4-9(10(11)17)18(14,15)12-5-6-13(2)7-8-16-3/h9,12H,4-8H2,1-3H3,(H2,11,17). The van der Waals surface area contributed by atoms with Gasteiger partial charge in [0.05, 0.1) is 11.6 Å². The molecule has 0 heterocycles. The van der Waals surface area contributed by atoms with Crippen LogP contribution >= 0.6 is 12.2 Å². The summed E-state index contributed by atoms with van der Waals surface area (Å²) in [5.74, 6) is 0. The highest BCUT2D eigenvalue weighted by Crippen LogP contribution is 2.04. The van der Waals surface area contributed by atoms with Crippen LogP contribution in [0, 0.1) is 0 Å². The normalized spacial score (nSPS) is 13.8. The minimum Gasteiger partial charge on any atom is -0.392 e. The highest BCUT2D eigenvalue weighted by Gasteiger charge is 2.25. The summed E-state index contributed by atoms with van der Waals surface area (Å²) in [5, 5.41) is -0.795. The fraction of sp³-hybridized carbons (Fsp3) is 0.900. The van der Waals surface area contributed by atoms with E-state index < -0.39 is 15.3 Å². The Morgan fingerprint density at radius 3 is 2.56 bits per heavy atom. The summed E-state index contributed by atoms with van der Waals surface area (Å²) in [6, 6.07) is 0. The van der Waals surface area contributed by atoms with Gasteiger partial charge in [-0.2, -0.15) is 0 Å². The predicted octanol–water partition coefficient (Wildman–Crippen LogP) is -0.451. The van der Waals surface area contributed by atoms with Crippen LogP contribution in [0.3, 0.4) is 0 Å². The van der Waals surface area contributed by atoms with Gasteiger partial charge in [-0.15, -0.1) is 0 Å². The zero-order chi connectivity index (χ0) is 14.2. The lowest BCUT2D eigenvalue weighted by atomic mass is 10.3. The molecule has 0 bridgehead atoms.